The average molecular weight is 300 g/mol. The number of fused-ring (bicyclic) bond motifs is 4. The molecule has 2 N–H and O–H groups in total. The number of aromatic nitrogens is 2. The van der Waals surface area contributed by atoms with Crippen LogP contribution in [0.25, 0.3) is 11.3 Å². The van der Waals surface area contributed by atoms with Crippen molar-refractivity contribution in [2.45, 2.75) is 44.9 Å². The van der Waals surface area contributed by atoms with Gasteiger partial charge in [0.15, 0.2) is 0 Å². The predicted molar refractivity (Wildman–Crippen MR) is 85.6 cm³/mol. The Hall–Kier alpha value is -1.61. The van der Waals surface area contributed by atoms with E-state index in [0.717, 1.165) is 30.5 Å². The first-order valence-electron chi connectivity index (χ1n) is 7.69. The molecule has 0 spiro atoms. The summed E-state index contributed by atoms with van der Waals surface area (Å²) in [6.07, 6.45) is 8.07. The van der Waals surface area contributed by atoms with Gasteiger partial charge in [-0.3, -0.25) is 0 Å². The second-order valence-corrected chi connectivity index (χ2v) is 6.40. The molecular weight excluding hydrogens is 282 g/mol. The lowest BCUT2D eigenvalue weighted by Gasteiger charge is -2.19. The minimum Gasteiger partial charge on any atom is -0.368 e. The number of anilines is 1. The van der Waals surface area contributed by atoms with Gasteiger partial charge in [0.05, 0.1) is 5.69 Å². The number of nitrogens with two attached hydrogens (primary N) is 1. The Kier molecular flexibility index (Phi) is 3.11. The number of nitrogens with zero attached hydrogens (tertiary/aromatic N) is 2. The third-order valence-electron chi connectivity index (χ3n) is 4.67. The summed E-state index contributed by atoms with van der Waals surface area (Å²) < 4.78 is 0. The minimum absolute atomic E-state index is 0.268. The molecule has 0 amide bonds. The van der Waals surface area contributed by atoms with Crippen molar-refractivity contribution in [1.82, 2.24) is 9.97 Å². The molecule has 0 unspecified atom stereocenters. The van der Waals surface area contributed by atoms with Crippen LogP contribution >= 0.6 is 11.6 Å². The van der Waals surface area contributed by atoms with Gasteiger partial charge in [-0.15, -0.1) is 0 Å². The van der Waals surface area contributed by atoms with Crippen molar-refractivity contribution >= 4 is 17.5 Å². The Balaban J connectivity index is 1.97. The number of benzene rings is 1. The molecule has 0 bridgehead atoms. The number of hydrogen-bond donors (Lipinski definition) is 1. The Morgan fingerprint density at radius 1 is 0.857 bits per heavy atom. The average Bonchev–Trinajstić information content (AvgIpc) is 2.65. The van der Waals surface area contributed by atoms with Crippen molar-refractivity contribution in [3.63, 3.8) is 0 Å². The molecule has 21 heavy (non-hydrogen) atoms. The molecule has 0 radical (unpaired) electrons. The Labute approximate surface area is 129 Å². The molecule has 0 saturated carbocycles. The number of nitrogen functional groups attached to an aromatic ring is 1. The first-order valence-corrected chi connectivity index (χ1v) is 8.07. The van der Waals surface area contributed by atoms with Crippen LogP contribution in [0.2, 0.25) is 5.15 Å². The van der Waals surface area contributed by atoms with Gasteiger partial charge in [-0.2, -0.15) is 0 Å². The van der Waals surface area contributed by atoms with Crippen molar-refractivity contribution in [2.75, 3.05) is 5.73 Å². The second kappa shape index (κ2) is 4.99. The monoisotopic (exact) mass is 299 g/mol. The largest absolute Gasteiger partial charge is 0.368 e. The minimum atomic E-state index is 0.268. The molecule has 3 nitrogen and oxygen atoms in total. The van der Waals surface area contributed by atoms with Crippen molar-refractivity contribution in [1.29, 1.82) is 0 Å². The van der Waals surface area contributed by atoms with Crippen LogP contribution in [0.4, 0.5) is 5.95 Å². The maximum Gasteiger partial charge on any atom is 0.222 e. The van der Waals surface area contributed by atoms with E-state index in [0.29, 0.717) is 5.15 Å². The highest BCUT2D eigenvalue weighted by molar-refractivity contribution is 6.30. The van der Waals surface area contributed by atoms with Gasteiger partial charge in [0.2, 0.25) is 5.95 Å². The van der Waals surface area contributed by atoms with E-state index in [1.807, 2.05) is 0 Å². The van der Waals surface area contributed by atoms with Crippen LogP contribution < -0.4 is 5.73 Å². The maximum atomic E-state index is 6.30. The summed E-state index contributed by atoms with van der Waals surface area (Å²) in [6.45, 7) is 0. The molecule has 2 aromatic rings. The van der Waals surface area contributed by atoms with Gasteiger partial charge < -0.3 is 5.73 Å². The lowest BCUT2D eigenvalue weighted by molar-refractivity contribution is 0.684. The van der Waals surface area contributed by atoms with Crippen molar-refractivity contribution in [3.05, 3.63) is 39.5 Å². The number of rotatable bonds is 0. The van der Waals surface area contributed by atoms with Gasteiger partial charge in [-0.25, -0.2) is 9.97 Å². The zero-order chi connectivity index (χ0) is 14.4. The first kappa shape index (κ1) is 13.1. The van der Waals surface area contributed by atoms with Crippen LogP contribution in [0, 0.1) is 0 Å². The Morgan fingerprint density at radius 3 is 2.38 bits per heavy atom. The molecule has 0 fully saturated rings. The van der Waals surface area contributed by atoms with Crippen LogP contribution in [0.15, 0.2) is 12.1 Å². The zero-order valence-corrected chi connectivity index (χ0v) is 12.7. The highest BCUT2D eigenvalue weighted by Crippen LogP contribution is 2.37. The fourth-order valence-electron chi connectivity index (χ4n) is 3.64. The summed E-state index contributed by atoms with van der Waals surface area (Å²) in [5, 5.41) is 0.517. The van der Waals surface area contributed by atoms with Gasteiger partial charge in [0, 0.05) is 11.1 Å². The summed E-state index contributed by atoms with van der Waals surface area (Å²) in [4.78, 5) is 8.63. The summed E-state index contributed by atoms with van der Waals surface area (Å²) >= 11 is 6.30. The normalized spacial score (nSPS) is 16.6. The first-order chi connectivity index (χ1) is 10.2. The molecule has 0 atom stereocenters. The number of halogens is 1. The van der Waals surface area contributed by atoms with E-state index in [9.17, 15) is 0 Å². The molecule has 1 aromatic heterocycles. The van der Waals surface area contributed by atoms with Crippen LogP contribution in [0.3, 0.4) is 0 Å². The third-order valence-corrected chi connectivity index (χ3v) is 4.98. The standard InChI is InChI=1S/C17H18ClN3/c18-16-13-7-3-6-12-8-10-4-1-2-5-11(10)9-14(12)15(13)20-17(19)21-16/h8-9H,1-7H2,(H2,19,20,21). The molecule has 0 saturated heterocycles. The van der Waals surface area contributed by atoms with Gasteiger partial charge >= 0.3 is 0 Å². The second-order valence-electron chi connectivity index (χ2n) is 6.04. The summed E-state index contributed by atoms with van der Waals surface area (Å²) in [7, 11) is 0. The number of hydrogen-bond acceptors (Lipinski definition) is 3. The van der Waals surface area contributed by atoms with E-state index in [-0.39, 0.29) is 5.95 Å². The summed E-state index contributed by atoms with van der Waals surface area (Å²) in [5.74, 6) is 0.268. The molecule has 1 heterocycles. The third kappa shape index (κ3) is 2.20. The van der Waals surface area contributed by atoms with E-state index in [2.05, 4.69) is 22.1 Å². The van der Waals surface area contributed by atoms with E-state index in [1.165, 1.54) is 47.9 Å². The molecule has 2 aliphatic carbocycles. The van der Waals surface area contributed by atoms with Gasteiger partial charge in [-0.05, 0) is 67.7 Å². The fraction of sp³-hybridized carbons (Fsp3) is 0.412. The molecule has 2 aliphatic rings. The van der Waals surface area contributed by atoms with Crippen molar-refractivity contribution < 1.29 is 0 Å². The van der Waals surface area contributed by atoms with Crippen molar-refractivity contribution in [2.24, 2.45) is 0 Å². The lowest BCUT2D eigenvalue weighted by Crippen LogP contribution is -2.06. The Morgan fingerprint density at radius 2 is 1.57 bits per heavy atom. The van der Waals surface area contributed by atoms with Crippen LogP contribution in [0.5, 0.6) is 0 Å². The zero-order valence-electron chi connectivity index (χ0n) is 12.0. The molecule has 0 aliphatic heterocycles. The summed E-state index contributed by atoms with van der Waals surface area (Å²) in [6, 6.07) is 4.72. The predicted octanol–water partition coefficient (Wildman–Crippen LogP) is 3.75. The van der Waals surface area contributed by atoms with E-state index in [4.69, 9.17) is 17.3 Å². The highest BCUT2D eigenvalue weighted by atomic mass is 35.5. The van der Waals surface area contributed by atoms with Crippen LogP contribution in [-0.2, 0) is 25.7 Å². The van der Waals surface area contributed by atoms with Gasteiger partial charge in [0.25, 0.3) is 0 Å². The van der Waals surface area contributed by atoms with Gasteiger partial charge in [0.1, 0.15) is 5.15 Å². The van der Waals surface area contributed by atoms with Gasteiger partial charge in [-0.1, -0.05) is 17.7 Å². The smallest absolute Gasteiger partial charge is 0.222 e. The van der Waals surface area contributed by atoms with E-state index < -0.39 is 0 Å². The number of aryl methyl sites for hydroxylation is 3. The Bertz CT molecular complexity index is 724. The summed E-state index contributed by atoms with van der Waals surface area (Å²) in [5.41, 5.74) is 13.4. The molecular formula is C17H18ClN3. The fourth-order valence-corrected chi connectivity index (χ4v) is 3.91. The van der Waals surface area contributed by atoms with E-state index in [1.54, 1.807) is 0 Å². The maximum absolute atomic E-state index is 6.30. The van der Waals surface area contributed by atoms with Crippen molar-refractivity contribution in [3.8, 4) is 11.3 Å². The molecule has 4 rings (SSSR count). The lowest BCUT2D eigenvalue weighted by atomic mass is 9.87. The highest BCUT2D eigenvalue weighted by Gasteiger charge is 2.22. The van der Waals surface area contributed by atoms with E-state index >= 15 is 0 Å². The topological polar surface area (TPSA) is 51.8 Å². The molecule has 4 heteroatoms. The SMILES string of the molecule is Nc1nc(Cl)c2c(n1)-c1cc3c(cc1CCC2)CCCC3. The quantitative estimate of drug-likeness (QED) is 0.754. The van der Waals surface area contributed by atoms with Crippen LogP contribution in [0.1, 0.15) is 41.5 Å². The molecule has 108 valence electrons. The molecule has 1 aromatic carbocycles. The van der Waals surface area contributed by atoms with Crippen LogP contribution in [-0.4, -0.2) is 9.97 Å².